The molecular formula is C12H8N4O. The molecule has 0 bridgehead atoms. The molecule has 0 amide bonds. The number of aldehydes is 1. The zero-order valence-electron chi connectivity index (χ0n) is 8.92. The van der Waals surface area contributed by atoms with E-state index in [-0.39, 0.29) is 18.7 Å². The highest BCUT2D eigenvalue weighted by Gasteiger charge is 2.11. The Morgan fingerprint density at radius 3 is 2.29 bits per heavy atom. The summed E-state index contributed by atoms with van der Waals surface area (Å²) in [6.45, 7) is 0.0331. The van der Waals surface area contributed by atoms with Gasteiger partial charge >= 0.3 is 0 Å². The van der Waals surface area contributed by atoms with Gasteiger partial charge in [-0.15, -0.1) is 0 Å². The minimum Gasteiger partial charge on any atom is -0.344 e. The molecule has 17 heavy (non-hydrogen) atoms. The number of rotatable bonds is 4. The first-order chi connectivity index (χ1) is 8.26. The average Bonchev–Trinajstić information content (AvgIpc) is 2.37. The summed E-state index contributed by atoms with van der Waals surface area (Å²) in [5.41, 5.74) is 1.15. The van der Waals surface area contributed by atoms with Crippen molar-refractivity contribution in [3.8, 4) is 18.2 Å². The Labute approximate surface area is 98.7 Å². The lowest BCUT2D eigenvalue weighted by Crippen LogP contribution is -2.24. The van der Waals surface area contributed by atoms with E-state index in [0.717, 1.165) is 0 Å². The van der Waals surface area contributed by atoms with Crippen LogP contribution in [0.3, 0.4) is 0 Å². The molecule has 1 aromatic rings. The van der Waals surface area contributed by atoms with Gasteiger partial charge in [0.25, 0.3) is 0 Å². The summed E-state index contributed by atoms with van der Waals surface area (Å²) in [7, 11) is 0. The number of nitriles is 3. The standard InChI is InChI=1S/C12H8N4O/c13-3-5-16(6-4-14)12-2-1-10(9-17)7-11(12)8-15/h1-2,7,9H,5-6H2. The van der Waals surface area contributed by atoms with Crippen LogP contribution in [0.5, 0.6) is 0 Å². The Kier molecular flexibility index (Phi) is 4.25. The van der Waals surface area contributed by atoms with Gasteiger partial charge < -0.3 is 4.90 Å². The Morgan fingerprint density at radius 1 is 1.18 bits per heavy atom. The van der Waals surface area contributed by atoms with E-state index in [1.54, 1.807) is 12.1 Å². The molecule has 0 spiro atoms. The van der Waals surface area contributed by atoms with Crippen LogP contribution in [0.15, 0.2) is 18.2 Å². The third-order valence-corrected chi connectivity index (χ3v) is 2.14. The van der Waals surface area contributed by atoms with Gasteiger partial charge in [-0.25, -0.2) is 0 Å². The smallest absolute Gasteiger partial charge is 0.150 e. The van der Waals surface area contributed by atoms with Crippen molar-refractivity contribution >= 4 is 12.0 Å². The number of hydrogen-bond acceptors (Lipinski definition) is 5. The number of hydrogen-bond donors (Lipinski definition) is 0. The number of carbonyl (C=O) groups is 1. The van der Waals surface area contributed by atoms with Crippen molar-refractivity contribution in [3.63, 3.8) is 0 Å². The molecule has 5 heteroatoms. The predicted molar refractivity (Wildman–Crippen MR) is 60.0 cm³/mol. The van der Waals surface area contributed by atoms with Crippen molar-refractivity contribution < 1.29 is 4.79 Å². The Bertz CT molecular complexity index is 529. The van der Waals surface area contributed by atoms with Gasteiger partial charge in [0.2, 0.25) is 0 Å². The van der Waals surface area contributed by atoms with Gasteiger partial charge in [-0.2, -0.15) is 15.8 Å². The molecule has 1 rings (SSSR count). The van der Waals surface area contributed by atoms with Gasteiger partial charge in [-0.05, 0) is 18.2 Å². The maximum Gasteiger partial charge on any atom is 0.150 e. The van der Waals surface area contributed by atoms with Crippen LogP contribution in [0.4, 0.5) is 5.69 Å². The molecule has 1 aromatic carbocycles. The third kappa shape index (κ3) is 2.81. The fourth-order valence-electron chi connectivity index (χ4n) is 1.39. The maximum absolute atomic E-state index is 10.6. The molecule has 0 unspecified atom stereocenters. The Hall–Kier alpha value is -2.84. The summed E-state index contributed by atoms with van der Waals surface area (Å²) in [6.07, 6.45) is 0.642. The van der Waals surface area contributed by atoms with Crippen molar-refractivity contribution in [1.29, 1.82) is 15.8 Å². The number of anilines is 1. The summed E-state index contributed by atoms with van der Waals surface area (Å²) in [5.74, 6) is 0. The molecule has 0 saturated heterocycles. The summed E-state index contributed by atoms with van der Waals surface area (Å²) < 4.78 is 0. The van der Waals surface area contributed by atoms with E-state index < -0.39 is 0 Å². The van der Waals surface area contributed by atoms with Crippen molar-refractivity contribution in [2.75, 3.05) is 18.0 Å². The van der Waals surface area contributed by atoms with Gasteiger partial charge in [-0.1, -0.05) is 0 Å². The van der Waals surface area contributed by atoms with Gasteiger partial charge in [0, 0.05) is 5.56 Å². The first-order valence-electron chi connectivity index (χ1n) is 4.75. The summed E-state index contributed by atoms with van der Waals surface area (Å²) >= 11 is 0. The van der Waals surface area contributed by atoms with E-state index in [1.165, 1.54) is 11.0 Å². The molecule has 0 fully saturated rings. The molecule has 0 aromatic heterocycles. The lowest BCUT2D eigenvalue weighted by atomic mass is 10.1. The maximum atomic E-state index is 10.6. The Balaban J connectivity index is 3.20. The van der Waals surface area contributed by atoms with E-state index in [1.807, 2.05) is 18.2 Å². The van der Waals surface area contributed by atoms with Gasteiger partial charge in [0.1, 0.15) is 25.4 Å². The molecule has 0 radical (unpaired) electrons. The van der Waals surface area contributed by atoms with Crippen molar-refractivity contribution in [1.82, 2.24) is 0 Å². The second-order valence-electron chi connectivity index (χ2n) is 3.18. The van der Waals surface area contributed by atoms with Crippen LogP contribution in [0.1, 0.15) is 15.9 Å². The predicted octanol–water partition coefficient (Wildman–Crippen LogP) is 1.22. The van der Waals surface area contributed by atoms with Gasteiger partial charge in [-0.3, -0.25) is 4.79 Å². The molecule has 82 valence electrons. The number of carbonyl (C=O) groups excluding carboxylic acids is 1. The zero-order valence-corrected chi connectivity index (χ0v) is 8.92. The minimum absolute atomic E-state index is 0.0165. The van der Waals surface area contributed by atoms with E-state index in [4.69, 9.17) is 15.8 Å². The van der Waals surface area contributed by atoms with Crippen molar-refractivity contribution in [3.05, 3.63) is 29.3 Å². The van der Waals surface area contributed by atoms with E-state index >= 15 is 0 Å². The van der Waals surface area contributed by atoms with Crippen LogP contribution in [0.25, 0.3) is 0 Å². The highest BCUT2D eigenvalue weighted by atomic mass is 16.1. The second-order valence-corrected chi connectivity index (χ2v) is 3.18. The second kappa shape index (κ2) is 5.90. The van der Waals surface area contributed by atoms with Crippen LogP contribution < -0.4 is 4.90 Å². The van der Waals surface area contributed by atoms with Crippen molar-refractivity contribution in [2.45, 2.75) is 0 Å². The van der Waals surface area contributed by atoms with Crippen LogP contribution in [0.2, 0.25) is 0 Å². The largest absolute Gasteiger partial charge is 0.344 e. The van der Waals surface area contributed by atoms with Crippen LogP contribution in [-0.2, 0) is 0 Å². The van der Waals surface area contributed by atoms with Crippen molar-refractivity contribution in [2.24, 2.45) is 0 Å². The van der Waals surface area contributed by atoms with E-state index in [0.29, 0.717) is 17.5 Å². The minimum atomic E-state index is 0.0165. The van der Waals surface area contributed by atoms with Crippen LogP contribution in [-0.4, -0.2) is 19.4 Å². The molecule has 0 heterocycles. The van der Waals surface area contributed by atoms with Crippen LogP contribution >= 0.6 is 0 Å². The first-order valence-corrected chi connectivity index (χ1v) is 4.75. The molecule has 5 nitrogen and oxygen atoms in total. The summed E-state index contributed by atoms with van der Waals surface area (Å²) in [5, 5.41) is 26.3. The molecule has 0 atom stereocenters. The van der Waals surface area contributed by atoms with Crippen LogP contribution in [0, 0.1) is 34.0 Å². The molecule has 0 aliphatic heterocycles. The van der Waals surface area contributed by atoms with E-state index in [2.05, 4.69) is 0 Å². The Morgan fingerprint density at radius 2 is 1.82 bits per heavy atom. The van der Waals surface area contributed by atoms with Gasteiger partial charge in [0.15, 0.2) is 0 Å². The zero-order chi connectivity index (χ0) is 12.7. The lowest BCUT2D eigenvalue weighted by molar-refractivity contribution is 0.112. The topological polar surface area (TPSA) is 91.7 Å². The number of nitrogens with zero attached hydrogens (tertiary/aromatic N) is 4. The quantitative estimate of drug-likeness (QED) is 0.566. The summed E-state index contributed by atoms with van der Waals surface area (Å²) in [6, 6.07) is 10.3. The monoisotopic (exact) mass is 224 g/mol. The van der Waals surface area contributed by atoms with Gasteiger partial charge in [0.05, 0.1) is 23.4 Å². The normalized spacial score (nSPS) is 8.53. The fourth-order valence-corrected chi connectivity index (χ4v) is 1.39. The fraction of sp³-hybridized carbons (Fsp3) is 0.167. The lowest BCUT2D eigenvalue weighted by Gasteiger charge is -2.19. The highest BCUT2D eigenvalue weighted by molar-refractivity contribution is 5.78. The molecule has 0 aliphatic carbocycles. The molecular weight excluding hydrogens is 216 g/mol. The molecule has 0 saturated carbocycles. The molecule has 0 aliphatic rings. The SMILES string of the molecule is N#CCN(CC#N)c1ccc(C=O)cc1C#N. The van der Waals surface area contributed by atoms with E-state index in [9.17, 15) is 4.79 Å². The number of benzene rings is 1. The first kappa shape index (κ1) is 12.2. The highest BCUT2D eigenvalue weighted by Crippen LogP contribution is 2.20. The third-order valence-electron chi connectivity index (χ3n) is 2.14. The summed E-state index contributed by atoms with van der Waals surface area (Å²) in [4.78, 5) is 12.1. The average molecular weight is 224 g/mol. The molecule has 0 N–H and O–H groups in total.